The van der Waals surface area contributed by atoms with Gasteiger partial charge >= 0.3 is 5.97 Å². The summed E-state index contributed by atoms with van der Waals surface area (Å²) < 4.78 is 13.1. The van der Waals surface area contributed by atoms with Gasteiger partial charge in [0.25, 0.3) is 0 Å². The van der Waals surface area contributed by atoms with Crippen molar-refractivity contribution in [3.8, 4) is 0 Å². The molecule has 0 aliphatic carbocycles. The number of carboxylic acid groups (broad SMARTS) is 1. The number of aliphatic carboxylic acids is 1. The second kappa shape index (κ2) is 3.75. The van der Waals surface area contributed by atoms with Gasteiger partial charge in [0.2, 0.25) is 5.60 Å². The van der Waals surface area contributed by atoms with E-state index in [1.165, 1.54) is 12.1 Å². The van der Waals surface area contributed by atoms with Gasteiger partial charge in [-0.2, -0.15) is 0 Å². The Bertz CT molecular complexity index is 323. The molecule has 1 aromatic rings. The van der Waals surface area contributed by atoms with E-state index in [0.29, 0.717) is 0 Å². The van der Waals surface area contributed by atoms with Gasteiger partial charge in [-0.05, 0) is 12.5 Å². The fourth-order valence-electron chi connectivity index (χ4n) is 1.22. The molecule has 0 amide bonds. The van der Waals surface area contributed by atoms with Crippen LogP contribution >= 0.6 is 0 Å². The molecule has 0 heterocycles. The summed E-state index contributed by atoms with van der Waals surface area (Å²) >= 11 is 0. The zero-order valence-corrected chi connectivity index (χ0v) is 7.64. The zero-order valence-electron chi connectivity index (χ0n) is 7.64. The number of aliphatic hydroxyl groups is 1. The minimum atomic E-state index is -2.46. The number of rotatable bonds is 3. The normalized spacial score (nSPS) is 17.1. The largest absolute Gasteiger partial charge is 0.479 e. The molecule has 2 unspecified atom stereocenters. The van der Waals surface area contributed by atoms with E-state index in [1.807, 2.05) is 0 Å². The van der Waals surface area contributed by atoms with Crippen LogP contribution in [0.5, 0.6) is 0 Å². The van der Waals surface area contributed by atoms with Crippen molar-refractivity contribution in [3.63, 3.8) is 0 Å². The van der Waals surface area contributed by atoms with Crippen molar-refractivity contribution in [1.29, 1.82) is 0 Å². The Hall–Kier alpha value is -1.42. The van der Waals surface area contributed by atoms with Crippen molar-refractivity contribution < 1.29 is 19.4 Å². The fraction of sp³-hybridized carbons (Fsp3) is 0.300. The van der Waals surface area contributed by atoms with Crippen molar-refractivity contribution in [2.45, 2.75) is 18.7 Å². The highest BCUT2D eigenvalue weighted by Crippen LogP contribution is 2.27. The van der Waals surface area contributed by atoms with Gasteiger partial charge in [0, 0.05) is 0 Å². The van der Waals surface area contributed by atoms with E-state index in [-0.39, 0.29) is 5.56 Å². The van der Waals surface area contributed by atoms with Gasteiger partial charge in [0.05, 0.1) is 0 Å². The molecule has 0 saturated carbocycles. The molecular weight excluding hydrogens is 187 g/mol. The predicted molar refractivity (Wildman–Crippen MR) is 48.5 cm³/mol. The summed E-state index contributed by atoms with van der Waals surface area (Å²) in [5, 5.41) is 18.4. The lowest BCUT2D eigenvalue weighted by Gasteiger charge is -2.25. The lowest BCUT2D eigenvalue weighted by atomic mass is 9.90. The summed E-state index contributed by atoms with van der Waals surface area (Å²) in [6.45, 7) is 1.02. The second-order valence-corrected chi connectivity index (χ2v) is 3.05. The van der Waals surface area contributed by atoms with Crippen LogP contribution in [0.2, 0.25) is 0 Å². The number of hydrogen-bond acceptors (Lipinski definition) is 2. The summed E-state index contributed by atoms with van der Waals surface area (Å²) in [6, 6.07) is 7.51. The van der Waals surface area contributed by atoms with E-state index >= 15 is 0 Å². The maximum absolute atomic E-state index is 13.1. The summed E-state index contributed by atoms with van der Waals surface area (Å²) in [4.78, 5) is 10.8. The van der Waals surface area contributed by atoms with Crippen molar-refractivity contribution in [3.05, 3.63) is 35.9 Å². The monoisotopic (exact) mass is 198 g/mol. The average molecular weight is 198 g/mol. The van der Waals surface area contributed by atoms with Gasteiger partial charge in [0.1, 0.15) is 6.17 Å². The van der Waals surface area contributed by atoms with Crippen LogP contribution in [0.4, 0.5) is 4.39 Å². The fourth-order valence-corrected chi connectivity index (χ4v) is 1.22. The highest BCUT2D eigenvalue weighted by atomic mass is 19.1. The van der Waals surface area contributed by atoms with Crippen molar-refractivity contribution >= 4 is 5.97 Å². The van der Waals surface area contributed by atoms with Crippen LogP contribution in [-0.2, 0) is 10.4 Å². The number of alkyl halides is 1. The maximum atomic E-state index is 13.1. The molecular formula is C10H11FO3. The number of carbonyl (C=O) groups is 1. The number of carboxylic acids is 1. The Balaban J connectivity index is 3.20. The van der Waals surface area contributed by atoms with Crippen molar-refractivity contribution in [1.82, 2.24) is 0 Å². The third-order valence-electron chi connectivity index (χ3n) is 2.12. The van der Waals surface area contributed by atoms with Gasteiger partial charge in [-0.1, -0.05) is 30.3 Å². The van der Waals surface area contributed by atoms with Crippen LogP contribution in [0.15, 0.2) is 30.3 Å². The Morgan fingerprint density at radius 3 is 2.29 bits per heavy atom. The first kappa shape index (κ1) is 10.7. The molecule has 0 aromatic heterocycles. The van der Waals surface area contributed by atoms with E-state index in [1.54, 1.807) is 18.2 Å². The van der Waals surface area contributed by atoms with Gasteiger partial charge in [0.15, 0.2) is 0 Å². The molecule has 76 valence electrons. The molecule has 14 heavy (non-hydrogen) atoms. The van der Waals surface area contributed by atoms with Crippen LogP contribution in [-0.4, -0.2) is 22.4 Å². The molecule has 0 aliphatic heterocycles. The molecule has 2 N–H and O–H groups in total. The third-order valence-corrected chi connectivity index (χ3v) is 2.12. The smallest absolute Gasteiger partial charge is 0.343 e. The first-order valence-corrected chi connectivity index (χ1v) is 4.15. The molecule has 2 atom stereocenters. The third kappa shape index (κ3) is 1.61. The van der Waals surface area contributed by atoms with E-state index in [9.17, 15) is 14.3 Å². The number of benzene rings is 1. The molecule has 0 radical (unpaired) electrons. The summed E-state index contributed by atoms with van der Waals surface area (Å²) in [5.41, 5.74) is -2.41. The maximum Gasteiger partial charge on any atom is 0.343 e. The highest BCUT2D eigenvalue weighted by Gasteiger charge is 2.44. The zero-order chi connectivity index (χ0) is 10.8. The second-order valence-electron chi connectivity index (χ2n) is 3.05. The molecule has 1 rings (SSSR count). The molecule has 0 spiro atoms. The van der Waals surface area contributed by atoms with Crippen LogP contribution in [0, 0.1) is 0 Å². The van der Waals surface area contributed by atoms with Gasteiger partial charge in [-0.15, -0.1) is 0 Å². The Morgan fingerprint density at radius 1 is 1.43 bits per heavy atom. The summed E-state index contributed by atoms with van der Waals surface area (Å²) in [6.07, 6.45) is -1.87. The molecule has 1 aromatic carbocycles. The predicted octanol–water partition coefficient (Wildman–Crippen LogP) is 1.32. The minimum absolute atomic E-state index is 0.0440. The Morgan fingerprint density at radius 2 is 1.93 bits per heavy atom. The molecule has 0 saturated heterocycles. The van der Waals surface area contributed by atoms with E-state index in [4.69, 9.17) is 5.11 Å². The van der Waals surface area contributed by atoms with E-state index in [0.717, 1.165) is 6.92 Å². The first-order valence-electron chi connectivity index (χ1n) is 4.15. The van der Waals surface area contributed by atoms with E-state index < -0.39 is 17.7 Å². The molecule has 0 aliphatic rings. The molecule has 4 heteroatoms. The number of halogens is 1. The first-order chi connectivity index (χ1) is 6.49. The lowest BCUT2D eigenvalue weighted by molar-refractivity contribution is -0.167. The van der Waals surface area contributed by atoms with Crippen LogP contribution in [0.25, 0.3) is 0 Å². The van der Waals surface area contributed by atoms with Crippen molar-refractivity contribution in [2.75, 3.05) is 0 Å². The minimum Gasteiger partial charge on any atom is -0.479 e. The summed E-state index contributed by atoms with van der Waals surface area (Å²) in [7, 11) is 0. The molecule has 0 fully saturated rings. The topological polar surface area (TPSA) is 57.5 Å². The Labute approximate surface area is 80.8 Å². The quantitative estimate of drug-likeness (QED) is 0.770. The summed E-state index contributed by atoms with van der Waals surface area (Å²) in [5.74, 6) is -1.58. The van der Waals surface area contributed by atoms with Gasteiger partial charge in [-0.25, -0.2) is 9.18 Å². The van der Waals surface area contributed by atoms with E-state index in [2.05, 4.69) is 0 Å². The Kier molecular flexibility index (Phi) is 2.86. The van der Waals surface area contributed by atoms with Crippen molar-refractivity contribution in [2.24, 2.45) is 0 Å². The molecule has 0 bridgehead atoms. The highest BCUT2D eigenvalue weighted by molar-refractivity contribution is 5.79. The average Bonchev–Trinajstić information content (AvgIpc) is 2.17. The lowest BCUT2D eigenvalue weighted by Crippen LogP contribution is -2.43. The van der Waals surface area contributed by atoms with Crippen LogP contribution in [0.3, 0.4) is 0 Å². The number of hydrogen-bond donors (Lipinski definition) is 2. The van der Waals surface area contributed by atoms with Gasteiger partial charge in [-0.3, -0.25) is 0 Å². The SMILES string of the molecule is CC(F)C(O)(C(=O)O)c1ccccc1. The standard InChI is InChI=1S/C10H11FO3/c1-7(11)10(14,9(12)13)8-5-3-2-4-6-8/h2-7,14H,1H3,(H,12,13). The van der Waals surface area contributed by atoms with Gasteiger partial charge < -0.3 is 10.2 Å². The van der Waals surface area contributed by atoms with Crippen LogP contribution in [0.1, 0.15) is 12.5 Å². The van der Waals surface area contributed by atoms with Crippen LogP contribution < -0.4 is 0 Å². The molecule has 3 nitrogen and oxygen atoms in total.